The molecule has 0 spiro atoms. The fourth-order valence-electron chi connectivity index (χ4n) is 3.38. The van der Waals surface area contributed by atoms with Gasteiger partial charge in [0, 0.05) is 18.9 Å². The van der Waals surface area contributed by atoms with Gasteiger partial charge >= 0.3 is 0 Å². The smallest absolute Gasteiger partial charge is 0.229 e. The molecule has 2 fully saturated rings. The van der Waals surface area contributed by atoms with Crippen molar-refractivity contribution in [2.45, 2.75) is 65.0 Å². The Labute approximate surface area is 108 Å². The number of aliphatic hydroxyl groups excluding tert-OH is 1. The van der Waals surface area contributed by atoms with Crippen LogP contribution in [0.3, 0.4) is 0 Å². The number of carbonyl (C=O) groups excluding carboxylic acids is 2. The number of likely N-dealkylation sites (tertiary alicyclic amines) is 1. The monoisotopic (exact) mass is 253 g/mol. The largest absolute Gasteiger partial charge is 0.393 e. The van der Waals surface area contributed by atoms with Crippen molar-refractivity contribution in [3.63, 3.8) is 0 Å². The summed E-state index contributed by atoms with van der Waals surface area (Å²) in [5, 5.41) is 9.85. The van der Waals surface area contributed by atoms with E-state index in [0.29, 0.717) is 19.3 Å². The lowest BCUT2D eigenvalue weighted by Gasteiger charge is -2.45. The summed E-state index contributed by atoms with van der Waals surface area (Å²) in [5.41, 5.74) is 0.0496. The molecule has 0 aromatic carbocycles. The highest BCUT2D eigenvalue weighted by molar-refractivity contribution is 6.02. The van der Waals surface area contributed by atoms with Gasteiger partial charge in [-0.05, 0) is 30.6 Å². The van der Waals surface area contributed by atoms with Crippen molar-refractivity contribution >= 4 is 11.8 Å². The first-order valence-electron chi connectivity index (χ1n) is 6.83. The third-order valence-corrected chi connectivity index (χ3v) is 4.32. The molecule has 1 saturated carbocycles. The SMILES string of the molecule is CC(C)(C)C1CCC(O)CC1N1C(=O)CCC1=O. The Hall–Kier alpha value is -0.900. The highest BCUT2D eigenvalue weighted by Gasteiger charge is 2.45. The molecule has 4 heteroatoms. The van der Waals surface area contributed by atoms with Crippen LogP contribution in [0.5, 0.6) is 0 Å². The molecule has 3 unspecified atom stereocenters. The van der Waals surface area contributed by atoms with E-state index < -0.39 is 0 Å². The normalized spacial score (nSPS) is 34.2. The number of imide groups is 1. The van der Waals surface area contributed by atoms with Gasteiger partial charge in [0.05, 0.1) is 6.10 Å². The van der Waals surface area contributed by atoms with Crippen molar-refractivity contribution in [2.24, 2.45) is 11.3 Å². The van der Waals surface area contributed by atoms with E-state index >= 15 is 0 Å². The molecule has 1 aliphatic heterocycles. The Bertz CT molecular complexity index is 343. The van der Waals surface area contributed by atoms with Gasteiger partial charge in [-0.15, -0.1) is 0 Å². The number of rotatable bonds is 1. The molecule has 1 saturated heterocycles. The van der Waals surface area contributed by atoms with E-state index in [1.165, 1.54) is 4.90 Å². The minimum absolute atomic E-state index is 0.0496. The van der Waals surface area contributed by atoms with Gasteiger partial charge in [-0.3, -0.25) is 14.5 Å². The molecule has 4 nitrogen and oxygen atoms in total. The molecule has 0 aromatic rings. The summed E-state index contributed by atoms with van der Waals surface area (Å²) in [6, 6.07) is -0.115. The van der Waals surface area contributed by atoms with E-state index in [1.807, 2.05) is 0 Å². The van der Waals surface area contributed by atoms with Crippen LogP contribution >= 0.6 is 0 Å². The van der Waals surface area contributed by atoms with E-state index in [1.54, 1.807) is 0 Å². The topological polar surface area (TPSA) is 57.6 Å². The van der Waals surface area contributed by atoms with Crippen LogP contribution in [-0.4, -0.2) is 34.0 Å². The molecular weight excluding hydrogens is 230 g/mol. The van der Waals surface area contributed by atoms with Crippen LogP contribution in [0.15, 0.2) is 0 Å². The zero-order chi connectivity index (χ0) is 13.5. The van der Waals surface area contributed by atoms with Crippen molar-refractivity contribution in [2.75, 3.05) is 0 Å². The highest BCUT2D eigenvalue weighted by atomic mass is 16.3. The van der Waals surface area contributed by atoms with E-state index in [2.05, 4.69) is 20.8 Å². The minimum Gasteiger partial charge on any atom is -0.393 e. The molecule has 1 N–H and O–H groups in total. The molecule has 1 aliphatic carbocycles. The second kappa shape index (κ2) is 4.65. The Balaban J connectivity index is 2.25. The number of carbonyl (C=O) groups is 2. The second-order valence-corrected chi connectivity index (χ2v) is 6.66. The molecular formula is C14H23NO3. The van der Waals surface area contributed by atoms with E-state index in [-0.39, 0.29) is 35.3 Å². The van der Waals surface area contributed by atoms with E-state index in [0.717, 1.165) is 12.8 Å². The average molecular weight is 253 g/mol. The molecule has 102 valence electrons. The molecule has 2 amide bonds. The van der Waals surface area contributed by atoms with Crippen molar-refractivity contribution in [1.82, 2.24) is 4.90 Å². The Morgan fingerprint density at radius 2 is 1.67 bits per heavy atom. The number of amides is 2. The fourth-order valence-corrected chi connectivity index (χ4v) is 3.38. The number of hydrogen-bond acceptors (Lipinski definition) is 3. The predicted molar refractivity (Wildman–Crippen MR) is 67.7 cm³/mol. The van der Waals surface area contributed by atoms with Gasteiger partial charge in [-0.1, -0.05) is 20.8 Å². The Morgan fingerprint density at radius 3 is 2.17 bits per heavy atom. The van der Waals surface area contributed by atoms with Crippen LogP contribution in [0.2, 0.25) is 0 Å². The molecule has 18 heavy (non-hydrogen) atoms. The summed E-state index contributed by atoms with van der Waals surface area (Å²) in [6.07, 6.45) is 2.49. The summed E-state index contributed by atoms with van der Waals surface area (Å²) >= 11 is 0. The summed E-state index contributed by atoms with van der Waals surface area (Å²) in [5.74, 6) is 0.161. The Kier molecular flexibility index (Phi) is 3.49. The lowest BCUT2D eigenvalue weighted by molar-refractivity contribution is -0.146. The van der Waals surface area contributed by atoms with Gasteiger partial charge in [0.1, 0.15) is 0 Å². The van der Waals surface area contributed by atoms with Gasteiger partial charge in [-0.2, -0.15) is 0 Å². The predicted octanol–water partition coefficient (Wildman–Crippen LogP) is 1.71. The summed E-state index contributed by atoms with van der Waals surface area (Å²) in [4.78, 5) is 25.2. The molecule has 1 heterocycles. The van der Waals surface area contributed by atoms with E-state index in [4.69, 9.17) is 0 Å². The van der Waals surface area contributed by atoms with Gasteiger partial charge < -0.3 is 5.11 Å². The first kappa shape index (κ1) is 13.5. The van der Waals surface area contributed by atoms with Crippen LogP contribution in [0.1, 0.15) is 52.9 Å². The molecule has 0 bridgehead atoms. The van der Waals surface area contributed by atoms with Crippen LogP contribution in [0, 0.1) is 11.3 Å². The van der Waals surface area contributed by atoms with Crippen molar-refractivity contribution in [3.8, 4) is 0 Å². The van der Waals surface area contributed by atoms with Crippen molar-refractivity contribution in [3.05, 3.63) is 0 Å². The molecule has 2 aliphatic rings. The first-order valence-corrected chi connectivity index (χ1v) is 6.83. The van der Waals surface area contributed by atoms with Crippen LogP contribution in [0.25, 0.3) is 0 Å². The Morgan fingerprint density at radius 1 is 1.11 bits per heavy atom. The van der Waals surface area contributed by atoms with E-state index in [9.17, 15) is 14.7 Å². The maximum absolute atomic E-state index is 11.9. The third kappa shape index (κ3) is 2.44. The minimum atomic E-state index is -0.380. The van der Waals surface area contributed by atoms with Gasteiger partial charge in [0.25, 0.3) is 0 Å². The lowest BCUT2D eigenvalue weighted by Crippen LogP contribution is -2.51. The zero-order valence-electron chi connectivity index (χ0n) is 11.5. The van der Waals surface area contributed by atoms with Gasteiger partial charge in [0.2, 0.25) is 11.8 Å². The average Bonchev–Trinajstić information content (AvgIpc) is 2.56. The van der Waals surface area contributed by atoms with Crippen molar-refractivity contribution < 1.29 is 14.7 Å². The summed E-state index contributed by atoms with van der Waals surface area (Å²) in [6.45, 7) is 6.44. The number of hydrogen-bond donors (Lipinski definition) is 1. The summed E-state index contributed by atoms with van der Waals surface area (Å²) < 4.78 is 0. The van der Waals surface area contributed by atoms with Crippen LogP contribution in [0.4, 0.5) is 0 Å². The van der Waals surface area contributed by atoms with Crippen LogP contribution in [-0.2, 0) is 9.59 Å². The maximum atomic E-state index is 11.9. The highest BCUT2D eigenvalue weighted by Crippen LogP contribution is 2.41. The van der Waals surface area contributed by atoms with Crippen LogP contribution < -0.4 is 0 Å². The standard InChI is InChI=1S/C14H23NO3/c1-14(2,3)10-5-4-9(16)8-11(10)15-12(17)6-7-13(15)18/h9-11,16H,4-8H2,1-3H3. The number of nitrogens with zero attached hydrogens (tertiary/aromatic N) is 1. The molecule has 3 atom stereocenters. The molecule has 0 aromatic heterocycles. The quantitative estimate of drug-likeness (QED) is 0.724. The van der Waals surface area contributed by atoms with Gasteiger partial charge in [-0.25, -0.2) is 0 Å². The zero-order valence-corrected chi connectivity index (χ0v) is 11.5. The third-order valence-electron chi connectivity index (χ3n) is 4.32. The number of aliphatic hydroxyl groups is 1. The van der Waals surface area contributed by atoms with Crippen molar-refractivity contribution in [1.29, 1.82) is 0 Å². The first-order chi connectivity index (χ1) is 8.30. The molecule has 0 radical (unpaired) electrons. The molecule has 2 rings (SSSR count). The van der Waals surface area contributed by atoms with Gasteiger partial charge in [0.15, 0.2) is 0 Å². The second-order valence-electron chi connectivity index (χ2n) is 6.66. The lowest BCUT2D eigenvalue weighted by atomic mass is 9.68. The summed E-state index contributed by atoms with van der Waals surface area (Å²) in [7, 11) is 0. The fraction of sp³-hybridized carbons (Fsp3) is 0.857. The maximum Gasteiger partial charge on any atom is 0.229 e.